The molecule has 0 unspecified atom stereocenters. The van der Waals surface area contributed by atoms with Crippen LogP contribution >= 0.6 is 0 Å². The number of alkyl halides is 8. The molecule has 0 aliphatic rings. The quantitative estimate of drug-likeness (QED) is 0.390. The van der Waals surface area contributed by atoms with E-state index in [0.717, 1.165) is 0 Å². The summed E-state index contributed by atoms with van der Waals surface area (Å²) in [7, 11) is -16.2. The largest absolute Gasteiger partial charge is 0.451 e. The Kier molecular flexibility index (Phi) is 4.89. The van der Waals surface area contributed by atoms with Crippen LogP contribution in [0.25, 0.3) is 0 Å². The Morgan fingerprint density at radius 2 is 0.818 bits per heavy atom. The van der Waals surface area contributed by atoms with Gasteiger partial charge in [0.1, 0.15) is 0 Å². The summed E-state index contributed by atoms with van der Waals surface area (Å²) < 4.78 is 165. The van der Waals surface area contributed by atoms with Crippen LogP contribution in [0, 0.1) is 0 Å². The van der Waals surface area contributed by atoms with Crippen LogP contribution < -0.4 is 0 Å². The van der Waals surface area contributed by atoms with Crippen LogP contribution in [0.5, 0.6) is 0 Å². The Morgan fingerprint density at radius 3 is 0.955 bits per heavy atom. The molecular formula is C5H3F10NO4S2. The molecule has 0 aliphatic carbocycles. The van der Waals surface area contributed by atoms with Crippen molar-refractivity contribution in [2.45, 2.75) is 22.6 Å². The lowest BCUT2D eigenvalue weighted by Crippen LogP contribution is -2.66. The summed E-state index contributed by atoms with van der Waals surface area (Å²) in [5.74, 6) is 0. The number of halogens is 10. The third kappa shape index (κ3) is 2.84. The zero-order valence-electron chi connectivity index (χ0n) is 9.68. The van der Waals surface area contributed by atoms with Crippen molar-refractivity contribution in [2.24, 2.45) is 0 Å². The van der Waals surface area contributed by atoms with Gasteiger partial charge in [-0.25, -0.2) is 0 Å². The van der Waals surface area contributed by atoms with Crippen LogP contribution in [0.1, 0.15) is 0 Å². The molecule has 134 valence electrons. The maximum atomic E-state index is 12.9. The molecule has 0 N–H and O–H groups in total. The molecule has 0 saturated heterocycles. The van der Waals surface area contributed by atoms with Crippen LogP contribution in [0.4, 0.5) is 42.9 Å². The SMILES string of the molecule is CN(C(F)(F)C(F)(F)S(=O)(=O)F)C(F)(F)C(F)(F)S(=O)(=O)F. The summed E-state index contributed by atoms with van der Waals surface area (Å²) in [4.78, 5) is -2.77. The van der Waals surface area contributed by atoms with Crippen LogP contribution in [0.3, 0.4) is 0 Å². The molecule has 0 radical (unpaired) electrons. The molecule has 0 aliphatic heterocycles. The molecular weight excluding hydrogens is 392 g/mol. The summed E-state index contributed by atoms with van der Waals surface area (Å²) in [6.45, 7) is 0. The fourth-order valence-electron chi connectivity index (χ4n) is 0.860. The predicted molar refractivity (Wildman–Crippen MR) is 47.6 cm³/mol. The lowest BCUT2D eigenvalue weighted by atomic mass is 10.4. The molecule has 0 aromatic rings. The van der Waals surface area contributed by atoms with Crippen molar-refractivity contribution in [3.63, 3.8) is 0 Å². The van der Waals surface area contributed by atoms with Gasteiger partial charge in [0.25, 0.3) is 0 Å². The lowest BCUT2D eigenvalue weighted by Gasteiger charge is -2.37. The summed E-state index contributed by atoms with van der Waals surface area (Å²) >= 11 is 0. The minimum Gasteiger partial charge on any atom is -0.188 e. The van der Waals surface area contributed by atoms with Gasteiger partial charge in [-0.2, -0.15) is 56.9 Å². The second kappa shape index (κ2) is 5.08. The topological polar surface area (TPSA) is 71.5 Å². The molecule has 22 heavy (non-hydrogen) atoms. The van der Waals surface area contributed by atoms with E-state index in [0.29, 0.717) is 0 Å². The van der Waals surface area contributed by atoms with Gasteiger partial charge in [-0.15, -0.1) is 0 Å². The maximum Gasteiger partial charge on any atom is 0.451 e. The van der Waals surface area contributed by atoms with Gasteiger partial charge in [0.2, 0.25) is 0 Å². The molecule has 0 aromatic carbocycles. The first kappa shape index (κ1) is 21.2. The average molecular weight is 395 g/mol. The Labute approximate surface area is 115 Å². The van der Waals surface area contributed by atoms with Crippen LogP contribution in [-0.4, -0.2) is 51.4 Å². The maximum absolute atomic E-state index is 12.9. The molecule has 17 heteroatoms. The number of rotatable bonds is 6. The van der Waals surface area contributed by atoms with Crippen LogP contribution in [0.2, 0.25) is 0 Å². The van der Waals surface area contributed by atoms with Crippen LogP contribution in [0.15, 0.2) is 0 Å². The Balaban J connectivity index is 6.23. The van der Waals surface area contributed by atoms with E-state index in [9.17, 15) is 59.7 Å². The predicted octanol–water partition coefficient (Wildman–Crippen LogP) is 1.89. The number of hydrogen-bond donors (Lipinski definition) is 0. The van der Waals surface area contributed by atoms with Crippen LogP contribution in [-0.2, 0) is 20.4 Å². The average Bonchev–Trinajstić information content (AvgIpc) is 2.24. The Bertz CT molecular complexity index is 584. The first-order chi connectivity index (χ1) is 9.15. The molecule has 0 aromatic heterocycles. The molecule has 5 nitrogen and oxygen atoms in total. The molecule has 0 heterocycles. The van der Waals surface area contributed by atoms with Gasteiger partial charge in [-0.3, -0.25) is 0 Å². The van der Waals surface area contributed by atoms with Gasteiger partial charge in [0.15, 0.2) is 0 Å². The van der Waals surface area contributed by atoms with Gasteiger partial charge >= 0.3 is 43.0 Å². The highest BCUT2D eigenvalue weighted by Gasteiger charge is 2.79. The van der Waals surface area contributed by atoms with E-state index in [-0.39, 0.29) is 0 Å². The van der Waals surface area contributed by atoms with E-state index in [1.54, 1.807) is 0 Å². The summed E-state index contributed by atoms with van der Waals surface area (Å²) in [5.41, 5.74) is 0. The van der Waals surface area contributed by atoms with Crippen molar-refractivity contribution in [3.05, 3.63) is 0 Å². The zero-order chi connectivity index (χ0) is 18.6. The second-order valence-corrected chi connectivity index (χ2v) is 6.33. The third-order valence-corrected chi connectivity index (χ3v) is 3.87. The molecule has 0 spiro atoms. The lowest BCUT2D eigenvalue weighted by molar-refractivity contribution is -0.351. The molecule has 0 fully saturated rings. The Morgan fingerprint density at radius 1 is 0.636 bits per heavy atom. The summed E-state index contributed by atoms with van der Waals surface area (Å²) in [6.07, 6.45) is 0. The standard InChI is InChI=1S/C5H3F10NO4S2/c1-16(2(6,7)4(10,11)21(14,17)18)3(8,9)5(12,13)22(15,19)20/h1H3. The first-order valence-corrected chi connectivity index (χ1v) is 7.06. The third-order valence-electron chi connectivity index (χ3n) is 2.16. The van der Waals surface area contributed by atoms with E-state index in [1.807, 2.05) is 0 Å². The van der Waals surface area contributed by atoms with Gasteiger partial charge in [-0.05, 0) is 7.05 Å². The first-order valence-electron chi connectivity index (χ1n) is 4.29. The highest BCUT2D eigenvalue weighted by Crippen LogP contribution is 2.50. The van der Waals surface area contributed by atoms with Crippen molar-refractivity contribution >= 4 is 20.4 Å². The normalized spacial score (nSPS) is 16.2. The molecule has 0 atom stereocenters. The van der Waals surface area contributed by atoms with E-state index >= 15 is 0 Å². The fraction of sp³-hybridized carbons (Fsp3) is 1.00. The second-order valence-electron chi connectivity index (χ2n) is 3.55. The van der Waals surface area contributed by atoms with Crippen molar-refractivity contribution in [1.29, 1.82) is 0 Å². The number of nitrogens with zero attached hydrogens (tertiary/aromatic N) is 1. The van der Waals surface area contributed by atoms with Crippen molar-refractivity contribution in [3.8, 4) is 0 Å². The van der Waals surface area contributed by atoms with E-state index < -0.39 is 55.0 Å². The summed E-state index contributed by atoms with van der Waals surface area (Å²) in [6, 6.07) is -13.8. The highest BCUT2D eigenvalue weighted by atomic mass is 32.3. The molecule has 0 amide bonds. The Hall–Kier alpha value is -0.840. The fourth-order valence-corrected chi connectivity index (χ4v) is 1.72. The minimum atomic E-state index is -7.59. The van der Waals surface area contributed by atoms with E-state index in [1.165, 1.54) is 0 Å². The molecule has 0 bridgehead atoms. The molecule has 0 rings (SSSR count). The minimum absolute atomic E-state index is 1.00. The monoisotopic (exact) mass is 395 g/mol. The van der Waals surface area contributed by atoms with Gasteiger partial charge in [0.05, 0.1) is 0 Å². The van der Waals surface area contributed by atoms with Gasteiger partial charge in [-0.1, -0.05) is 7.77 Å². The van der Waals surface area contributed by atoms with Gasteiger partial charge < -0.3 is 0 Å². The summed E-state index contributed by atoms with van der Waals surface area (Å²) in [5, 5.41) is -14.0. The van der Waals surface area contributed by atoms with Gasteiger partial charge in [0, 0.05) is 0 Å². The van der Waals surface area contributed by atoms with Crippen molar-refractivity contribution in [1.82, 2.24) is 4.90 Å². The highest BCUT2D eigenvalue weighted by molar-refractivity contribution is 7.87. The van der Waals surface area contributed by atoms with E-state index in [4.69, 9.17) is 0 Å². The number of hydrogen-bond acceptors (Lipinski definition) is 5. The zero-order valence-corrected chi connectivity index (χ0v) is 11.3. The smallest absolute Gasteiger partial charge is 0.188 e. The van der Waals surface area contributed by atoms with E-state index in [2.05, 4.69) is 0 Å². The molecule has 0 saturated carbocycles. The van der Waals surface area contributed by atoms with Crippen molar-refractivity contribution < 1.29 is 59.7 Å². The van der Waals surface area contributed by atoms with Crippen molar-refractivity contribution in [2.75, 3.05) is 7.05 Å².